The number of alkyl halides is 6. The Kier molecular flexibility index (Phi) is 39.0. The Balaban J connectivity index is 0.000000284. The van der Waals surface area contributed by atoms with Gasteiger partial charge >= 0.3 is 41.4 Å². The highest BCUT2D eigenvalue weighted by Crippen LogP contribution is 2.38. The summed E-state index contributed by atoms with van der Waals surface area (Å²) in [4.78, 5) is 122. The second-order valence-corrected chi connectivity index (χ2v) is 25.6. The minimum absolute atomic E-state index is 0.0606. The average molecular weight is 1840 g/mol. The Labute approximate surface area is 730 Å². The summed E-state index contributed by atoms with van der Waals surface area (Å²) in [5.74, 6) is -10.6. The summed E-state index contributed by atoms with van der Waals surface area (Å²) in [6.07, 6.45) is 0.322. The molecule has 2 aromatic carbocycles. The zero-order chi connectivity index (χ0) is 97.9. The van der Waals surface area contributed by atoms with Gasteiger partial charge in [-0.25, -0.2) is 32.3 Å². The number of benzene rings is 2. The molecule has 10 aromatic heterocycles. The van der Waals surface area contributed by atoms with Crippen molar-refractivity contribution in [3.8, 4) is 40.2 Å². The maximum atomic E-state index is 14.5. The minimum atomic E-state index is -5.15. The zero-order valence-corrected chi connectivity index (χ0v) is 69.4. The van der Waals surface area contributed by atoms with Gasteiger partial charge in [-0.05, 0) is 79.6 Å². The van der Waals surface area contributed by atoms with E-state index in [-0.39, 0.29) is 73.9 Å². The van der Waals surface area contributed by atoms with Gasteiger partial charge in [0.15, 0.2) is 81.8 Å². The molecule has 2 atom stereocenters. The summed E-state index contributed by atoms with van der Waals surface area (Å²) < 4.78 is 166. The summed E-state index contributed by atoms with van der Waals surface area (Å²) in [6, 6.07) is 28.3. The van der Waals surface area contributed by atoms with Gasteiger partial charge in [0.25, 0.3) is 11.1 Å². The molecule has 40 nitrogen and oxygen atoms in total. The topological polar surface area (TPSA) is 543 Å². The molecule has 0 unspecified atom stereocenters. The van der Waals surface area contributed by atoms with Crippen LogP contribution < -0.4 is 52.8 Å². The van der Waals surface area contributed by atoms with E-state index in [1.165, 1.54) is 82.5 Å². The van der Waals surface area contributed by atoms with Gasteiger partial charge in [-0.1, -0.05) is 18.2 Å². The quantitative estimate of drug-likeness (QED) is 0.0150. The lowest BCUT2D eigenvalue weighted by molar-refractivity contribution is -0.613. The van der Waals surface area contributed by atoms with Crippen LogP contribution in [0.5, 0.6) is 40.2 Å². The number of aromatic nitrogens is 10. The number of ether oxygens (including phenoxy) is 7. The fourth-order valence-electron chi connectivity index (χ4n) is 10.4. The van der Waals surface area contributed by atoms with Crippen LogP contribution in [0.25, 0.3) is 0 Å². The van der Waals surface area contributed by atoms with Crippen molar-refractivity contribution in [1.29, 1.82) is 0 Å². The van der Waals surface area contributed by atoms with Crippen molar-refractivity contribution in [1.82, 2.24) is 34.9 Å². The summed E-state index contributed by atoms with van der Waals surface area (Å²) in [7, 11) is 6.98. The Bertz CT molecular complexity index is 6110. The third-order valence-corrected chi connectivity index (χ3v) is 16.7. The van der Waals surface area contributed by atoms with E-state index in [1.807, 2.05) is 25.1 Å². The number of aromatic amines is 1. The number of hydrogen-bond acceptors (Lipinski definition) is 30. The number of pyridine rings is 10. The van der Waals surface area contributed by atoms with Crippen molar-refractivity contribution in [2.24, 2.45) is 0 Å². The van der Waals surface area contributed by atoms with E-state index in [2.05, 4.69) is 49.1 Å². The number of nitrogens with one attached hydrogen (secondary N) is 1. The molecule has 0 aliphatic rings. The molecule has 10 heterocycles. The van der Waals surface area contributed by atoms with Gasteiger partial charge in [-0.2, -0.15) is 14.2 Å². The van der Waals surface area contributed by atoms with Crippen LogP contribution in [0.15, 0.2) is 206 Å². The molecule has 0 saturated carbocycles. The van der Waals surface area contributed by atoms with Gasteiger partial charge in [0.1, 0.15) is 47.4 Å². The highest BCUT2D eigenvalue weighted by Gasteiger charge is 2.36. The fourth-order valence-corrected chi connectivity index (χ4v) is 10.4. The summed E-state index contributed by atoms with van der Waals surface area (Å²) in [6.45, 7) is 8.69. The molecule has 0 amide bonds. The number of carboxylic acids is 1. The van der Waals surface area contributed by atoms with Crippen LogP contribution in [-0.4, -0.2) is 130 Å². The standard InChI is InChI=1S/C21H14F5N3O5.C20H12F5N3O5.C7H6N2O5.C7H8N2O3.C7H9NO2.C7H9NO.C6H6N2O3.C6H7NO/c1-33-19-9-15(28-10-16(19)29(31)32)17(30)8-12(20-13(22)3-2-6-27-20)11-4-5-18(14(23)7-11)34-21(24,25)26;21-12-2-1-5-26-19(12)11(10-3-4-18(13(22)6-10)33-20(23,24)25)7-16(29)14-8-17(30)15(9-27-14)28(31)32;1-14-6-2-4(7(10)11)8-3-5(6)9(12)13;1-5-3-7(12-2)6(4-8-5)9(10)11;1-6-5-7(10-2)3-4-8(6)9;1-6-5-7(9-2)3-4-8-6;1-5-4-6(8(10)11)2-3-7(5)9;1-6-4-2-3-5-7(6)8/h2-7,9-10,12H,8H2,1H3;1-6,8-9,11H,7H2,(H,27,30);2-3H,1H3,(H,10,11);3-4H,1-2H3;3-5H,1-2H3;3-5H,1-2H3;2-4H,1H3;2-5H,1H3/t12-;11-;;;;;;/m00....../s1. The lowest BCUT2D eigenvalue weighted by atomic mass is 9.89. The van der Waals surface area contributed by atoms with Crippen LogP contribution in [0, 0.1) is 124 Å². The first-order chi connectivity index (χ1) is 61.6. The molecule has 0 aliphatic carbocycles. The number of methoxy groups -OCH3 is 5. The Morgan fingerprint density at radius 2 is 0.863 bits per heavy atom. The van der Waals surface area contributed by atoms with E-state index in [1.54, 1.807) is 65.5 Å². The fraction of sp³-hybridized carbons (Fsp3) is 0.198. The lowest BCUT2D eigenvalue weighted by Crippen LogP contribution is -2.28. The number of carbonyl (C=O) groups is 3. The minimum Gasteiger partial charge on any atom is -0.619 e. The monoisotopic (exact) mass is 1840 g/mol. The van der Waals surface area contributed by atoms with Gasteiger partial charge in [-0.3, -0.25) is 84.9 Å². The van der Waals surface area contributed by atoms with Crippen LogP contribution >= 0.6 is 0 Å². The predicted molar refractivity (Wildman–Crippen MR) is 433 cm³/mol. The molecule has 0 aliphatic heterocycles. The van der Waals surface area contributed by atoms with Crippen LogP contribution in [0.4, 0.5) is 72.3 Å². The van der Waals surface area contributed by atoms with E-state index in [0.717, 1.165) is 94.9 Å². The van der Waals surface area contributed by atoms with Crippen molar-refractivity contribution in [3.63, 3.8) is 0 Å². The molecule has 0 saturated heterocycles. The number of rotatable bonds is 23. The first-order valence-corrected chi connectivity index (χ1v) is 36.3. The number of H-pyrrole nitrogens is 1. The molecule has 2 N–H and O–H groups in total. The molecule has 50 heteroatoms. The third kappa shape index (κ3) is 32.7. The van der Waals surface area contributed by atoms with E-state index < -0.39 is 131 Å². The normalized spacial score (nSPS) is 10.8. The molecule has 0 fully saturated rings. The van der Waals surface area contributed by atoms with Crippen molar-refractivity contribution in [2.45, 2.75) is 72.0 Å². The number of nitro groups is 5. The number of nitrogens with zero attached hydrogens (tertiary/aromatic N) is 14. The highest BCUT2D eigenvalue weighted by atomic mass is 19.4. The van der Waals surface area contributed by atoms with E-state index in [4.69, 9.17) is 24.1 Å². The predicted octanol–water partition coefficient (Wildman–Crippen LogP) is 14.4. The second kappa shape index (κ2) is 48.9. The van der Waals surface area contributed by atoms with Crippen LogP contribution in [-0.2, 0) is 0 Å². The Hall–Kier alpha value is -17.2. The molecule has 0 bridgehead atoms. The Morgan fingerprint density at radius 1 is 0.427 bits per heavy atom. The van der Waals surface area contributed by atoms with Gasteiger partial charge in [0.05, 0.1) is 95.6 Å². The van der Waals surface area contributed by atoms with Crippen LogP contribution in [0.3, 0.4) is 0 Å². The number of aromatic carboxylic acids is 1. The van der Waals surface area contributed by atoms with Gasteiger partial charge in [0.2, 0.25) is 11.5 Å². The molecule has 12 rings (SSSR count). The third-order valence-electron chi connectivity index (χ3n) is 16.7. The largest absolute Gasteiger partial charge is 0.619 e. The molecular weight excluding hydrogens is 1770 g/mol. The highest BCUT2D eigenvalue weighted by molar-refractivity contribution is 5.96. The number of halogens is 10. The zero-order valence-electron chi connectivity index (χ0n) is 69.4. The first-order valence-electron chi connectivity index (χ1n) is 36.3. The van der Waals surface area contributed by atoms with Crippen LogP contribution in [0.1, 0.15) is 107 Å². The molecule has 0 spiro atoms. The SMILES string of the molecule is COc1cc(C(=O)C[C@@H](c2ccc(OC(F)(F)F)c(F)c2)c2ncccc2F)ncc1[N+](=O)[O-].COc1cc(C(=O)O)ncc1[N+](=O)[O-].COc1cc(C)ncc1[N+](=O)[O-].COc1cc[n+]([O-])c(C)c1.COc1ccnc(C)c1.Cc1cc([N+](=O)[O-])cc[n+]1[O-].Cc1cccc[n+]1[O-].O=C(C[C@@H](c1ccc(OC(F)(F)F)c(F)c1)c1ncccc1F)c1cc(=O)c([N+](=O)[O-])c[nH]1. The smallest absolute Gasteiger partial charge is 0.573 e. The number of aryl methyl sites for hydroxylation is 5. The van der Waals surface area contributed by atoms with E-state index in [0.29, 0.717) is 57.9 Å². The molecule has 131 heavy (non-hydrogen) atoms. The molecular formula is C81H71F10N15O25. The maximum Gasteiger partial charge on any atom is 0.573 e. The van der Waals surface area contributed by atoms with Crippen molar-refractivity contribution in [2.75, 3.05) is 35.5 Å². The number of hydrogen-bond donors (Lipinski definition) is 2. The van der Waals surface area contributed by atoms with Crippen molar-refractivity contribution in [3.05, 3.63) is 369 Å². The number of Topliss-reactive ketones (excluding diaryl/α,β-unsaturated/α-hetero) is 2. The van der Waals surface area contributed by atoms with Crippen LogP contribution in [0.2, 0.25) is 0 Å². The molecule has 690 valence electrons. The molecule has 12 aromatic rings. The van der Waals surface area contributed by atoms with Crippen molar-refractivity contribution < 1.29 is 135 Å². The first kappa shape index (κ1) is 104. The van der Waals surface area contributed by atoms with E-state index in [9.17, 15) is 129 Å². The Morgan fingerprint density at radius 3 is 1.25 bits per heavy atom. The average Bonchev–Trinajstić information content (AvgIpc) is 0.806. The maximum absolute atomic E-state index is 14.5. The van der Waals surface area contributed by atoms with E-state index >= 15 is 0 Å². The van der Waals surface area contributed by atoms with Crippen molar-refractivity contribution >= 4 is 46.0 Å². The van der Waals surface area contributed by atoms with Gasteiger partial charge in [0, 0.05) is 130 Å². The summed E-state index contributed by atoms with van der Waals surface area (Å²) in [5.41, 5.74) is -1.17. The number of ketones is 2. The van der Waals surface area contributed by atoms with Gasteiger partial charge in [-0.15, -0.1) is 26.3 Å². The summed E-state index contributed by atoms with van der Waals surface area (Å²) in [5, 5.41) is 93.3. The van der Waals surface area contributed by atoms with Gasteiger partial charge < -0.3 is 58.9 Å². The lowest BCUT2D eigenvalue weighted by Gasteiger charge is -2.18. The summed E-state index contributed by atoms with van der Waals surface area (Å²) >= 11 is 0. The second-order valence-electron chi connectivity index (χ2n) is 25.6. The molecule has 0 radical (unpaired) electrons. The number of carbonyl (C=O) groups excluding carboxylic acids is 2. The number of carboxylic acid groups (broad SMARTS) is 1.